The van der Waals surface area contributed by atoms with E-state index in [9.17, 15) is 4.79 Å². The largest absolute Gasteiger partial charge is 0.398 e. The quantitative estimate of drug-likeness (QED) is 0.697. The molecule has 2 atom stereocenters. The highest BCUT2D eigenvalue weighted by Crippen LogP contribution is 2.39. The molecule has 1 fully saturated rings. The van der Waals surface area contributed by atoms with Crippen molar-refractivity contribution >= 4 is 28.2 Å². The van der Waals surface area contributed by atoms with Gasteiger partial charge in [-0.05, 0) is 60.5 Å². The summed E-state index contributed by atoms with van der Waals surface area (Å²) >= 11 is 0. The average Bonchev–Trinajstić information content (AvgIpc) is 3.45. The molecule has 0 radical (unpaired) electrons. The van der Waals surface area contributed by atoms with Crippen molar-refractivity contribution in [2.24, 2.45) is 11.8 Å². The number of amides is 1. The van der Waals surface area contributed by atoms with Crippen LogP contribution >= 0.6 is 0 Å². The van der Waals surface area contributed by atoms with E-state index in [1.807, 2.05) is 32.2 Å². The lowest BCUT2D eigenvalue weighted by Gasteiger charge is -2.14. The second-order valence-electron chi connectivity index (χ2n) is 7.01. The average molecular weight is 357 g/mol. The van der Waals surface area contributed by atoms with Gasteiger partial charge >= 0.3 is 0 Å². The molecule has 0 unspecified atom stereocenters. The van der Waals surface area contributed by atoms with E-state index >= 15 is 0 Å². The molecule has 1 aliphatic rings. The smallest absolute Gasteiger partial charge is 0.230 e. The third kappa shape index (κ3) is 2.97. The molecule has 6 heteroatoms. The summed E-state index contributed by atoms with van der Waals surface area (Å²) in [7, 11) is 0. The van der Waals surface area contributed by atoms with Crippen LogP contribution in [0.1, 0.15) is 17.5 Å². The predicted octanol–water partition coefficient (Wildman–Crippen LogP) is 3.59. The summed E-state index contributed by atoms with van der Waals surface area (Å²) in [5.41, 5.74) is 11.2. The molecule has 3 N–H and O–H groups in total. The topological polar surface area (TPSA) is 105 Å². The van der Waals surface area contributed by atoms with E-state index in [-0.39, 0.29) is 17.7 Å². The Kier molecular flexibility index (Phi) is 4.00. The van der Waals surface area contributed by atoms with Crippen LogP contribution in [0.15, 0.2) is 36.8 Å². The second-order valence-corrected chi connectivity index (χ2v) is 7.01. The number of rotatable bonds is 3. The monoisotopic (exact) mass is 357 g/mol. The number of anilines is 2. The normalized spacial score (nSPS) is 18.1. The SMILES string of the molecule is Cc1ccncc1-c1cc2cc(NC(=O)[C@H]3C[C@@H]3C#N)ncc2c(N)c1C. The molecular weight excluding hydrogens is 338 g/mol. The Bertz CT molecular complexity index is 1120. The van der Waals surface area contributed by atoms with Crippen LogP contribution in [0.25, 0.3) is 21.9 Å². The maximum absolute atomic E-state index is 12.2. The van der Waals surface area contributed by atoms with Crippen molar-refractivity contribution < 1.29 is 4.79 Å². The molecule has 1 saturated carbocycles. The van der Waals surface area contributed by atoms with Crippen LogP contribution in [0.4, 0.5) is 11.5 Å². The number of nitriles is 1. The summed E-state index contributed by atoms with van der Waals surface area (Å²) in [5.74, 6) is -0.0990. The highest BCUT2D eigenvalue weighted by atomic mass is 16.2. The summed E-state index contributed by atoms with van der Waals surface area (Å²) in [6.07, 6.45) is 5.90. The number of pyridine rings is 2. The zero-order valence-electron chi connectivity index (χ0n) is 15.2. The fraction of sp³-hybridized carbons (Fsp3) is 0.238. The molecule has 1 aromatic carbocycles. The first kappa shape index (κ1) is 17.0. The van der Waals surface area contributed by atoms with Crippen LogP contribution < -0.4 is 11.1 Å². The number of carbonyl (C=O) groups is 1. The summed E-state index contributed by atoms with van der Waals surface area (Å²) in [6.45, 7) is 4.03. The molecule has 3 aromatic rings. The first-order valence-electron chi connectivity index (χ1n) is 8.80. The van der Waals surface area contributed by atoms with Gasteiger partial charge in [-0.3, -0.25) is 9.78 Å². The Balaban J connectivity index is 1.75. The van der Waals surface area contributed by atoms with E-state index < -0.39 is 0 Å². The lowest BCUT2D eigenvalue weighted by atomic mass is 9.94. The number of aryl methyl sites for hydroxylation is 1. The van der Waals surface area contributed by atoms with Gasteiger partial charge < -0.3 is 11.1 Å². The molecule has 0 saturated heterocycles. The van der Waals surface area contributed by atoms with E-state index in [4.69, 9.17) is 11.0 Å². The van der Waals surface area contributed by atoms with Gasteiger partial charge in [0.25, 0.3) is 0 Å². The first-order chi connectivity index (χ1) is 13.0. The minimum atomic E-state index is -0.232. The van der Waals surface area contributed by atoms with Gasteiger partial charge in [0.15, 0.2) is 0 Å². The van der Waals surface area contributed by atoms with Crippen molar-refractivity contribution in [3.05, 3.63) is 47.9 Å². The van der Waals surface area contributed by atoms with Gasteiger partial charge in [0.05, 0.1) is 17.9 Å². The van der Waals surface area contributed by atoms with Crippen molar-refractivity contribution in [1.29, 1.82) is 5.26 Å². The number of benzene rings is 1. The Labute approximate surface area is 157 Å². The fourth-order valence-electron chi connectivity index (χ4n) is 3.37. The van der Waals surface area contributed by atoms with Gasteiger partial charge in [0.1, 0.15) is 5.82 Å². The zero-order chi connectivity index (χ0) is 19.1. The van der Waals surface area contributed by atoms with Crippen LogP contribution in [0.3, 0.4) is 0 Å². The molecule has 0 bridgehead atoms. The lowest BCUT2D eigenvalue weighted by Crippen LogP contribution is -2.15. The van der Waals surface area contributed by atoms with E-state index in [2.05, 4.69) is 27.4 Å². The summed E-state index contributed by atoms with van der Waals surface area (Å²) < 4.78 is 0. The summed E-state index contributed by atoms with van der Waals surface area (Å²) in [5, 5.41) is 13.4. The highest BCUT2D eigenvalue weighted by Gasteiger charge is 2.43. The molecule has 1 aliphatic carbocycles. The number of fused-ring (bicyclic) bond motifs is 1. The van der Waals surface area contributed by atoms with E-state index in [0.29, 0.717) is 17.9 Å². The number of nitrogens with one attached hydrogen (secondary N) is 1. The third-order valence-electron chi connectivity index (χ3n) is 5.21. The minimum Gasteiger partial charge on any atom is -0.398 e. The van der Waals surface area contributed by atoms with Gasteiger partial charge in [-0.1, -0.05) is 0 Å². The van der Waals surface area contributed by atoms with Gasteiger partial charge in [-0.15, -0.1) is 0 Å². The molecule has 2 heterocycles. The zero-order valence-corrected chi connectivity index (χ0v) is 15.2. The molecule has 134 valence electrons. The maximum Gasteiger partial charge on any atom is 0.230 e. The second kappa shape index (κ2) is 6.36. The van der Waals surface area contributed by atoms with Gasteiger partial charge in [-0.2, -0.15) is 5.26 Å². The molecule has 6 nitrogen and oxygen atoms in total. The standard InChI is InChI=1S/C21H19N5O/c1-11-3-4-24-9-17(11)15-5-13-7-19(25-10-18(13)20(23)12(15)2)26-21(27)16-6-14(16)8-22/h3-5,7,9-10,14,16H,6,23H2,1-2H3,(H,25,26,27)/t14-,16+/m1/s1. The molecule has 1 amide bonds. The van der Waals surface area contributed by atoms with Crippen molar-refractivity contribution in [3.63, 3.8) is 0 Å². The van der Waals surface area contributed by atoms with E-state index in [0.717, 1.165) is 33.0 Å². The Morgan fingerprint density at radius 1 is 1.30 bits per heavy atom. The number of hydrogen-bond acceptors (Lipinski definition) is 5. The van der Waals surface area contributed by atoms with Gasteiger partial charge in [0.2, 0.25) is 5.91 Å². The minimum absolute atomic E-state index is 0.156. The third-order valence-corrected chi connectivity index (χ3v) is 5.21. The number of hydrogen-bond donors (Lipinski definition) is 2. The van der Waals surface area contributed by atoms with Gasteiger partial charge in [-0.25, -0.2) is 4.98 Å². The Morgan fingerprint density at radius 3 is 2.81 bits per heavy atom. The lowest BCUT2D eigenvalue weighted by molar-refractivity contribution is -0.117. The number of nitrogens with two attached hydrogens (primary N) is 1. The van der Waals surface area contributed by atoms with E-state index in [1.165, 1.54) is 0 Å². The van der Waals surface area contributed by atoms with E-state index in [1.54, 1.807) is 12.4 Å². The van der Waals surface area contributed by atoms with Crippen molar-refractivity contribution in [3.8, 4) is 17.2 Å². The summed E-state index contributed by atoms with van der Waals surface area (Å²) in [6, 6.07) is 7.97. The molecule has 2 aromatic heterocycles. The molecule has 4 rings (SSSR count). The van der Waals surface area contributed by atoms with Crippen molar-refractivity contribution in [1.82, 2.24) is 9.97 Å². The van der Waals surface area contributed by atoms with Crippen LogP contribution in [0.5, 0.6) is 0 Å². The number of carbonyl (C=O) groups excluding carboxylic acids is 1. The number of nitrogens with zero attached hydrogens (tertiary/aromatic N) is 3. The van der Waals surface area contributed by atoms with Gasteiger partial charge in [0, 0.05) is 35.2 Å². The molecule has 27 heavy (non-hydrogen) atoms. The van der Waals surface area contributed by atoms with Crippen molar-refractivity contribution in [2.45, 2.75) is 20.3 Å². The maximum atomic E-state index is 12.2. The van der Waals surface area contributed by atoms with Crippen LogP contribution in [0, 0.1) is 37.0 Å². The summed E-state index contributed by atoms with van der Waals surface area (Å²) in [4.78, 5) is 20.8. The fourth-order valence-corrected chi connectivity index (χ4v) is 3.37. The molecular formula is C21H19N5O. The highest BCUT2D eigenvalue weighted by molar-refractivity contribution is 6.01. The van der Waals surface area contributed by atoms with Crippen LogP contribution in [-0.2, 0) is 4.79 Å². The molecule has 0 aliphatic heterocycles. The number of nitrogen functional groups attached to an aromatic ring is 1. The predicted molar refractivity (Wildman–Crippen MR) is 105 cm³/mol. The van der Waals surface area contributed by atoms with Crippen molar-refractivity contribution in [2.75, 3.05) is 11.1 Å². The number of aromatic nitrogens is 2. The van der Waals surface area contributed by atoms with Crippen LogP contribution in [-0.4, -0.2) is 15.9 Å². The van der Waals surface area contributed by atoms with Crippen LogP contribution in [0.2, 0.25) is 0 Å². The first-order valence-corrected chi connectivity index (χ1v) is 8.80. The Morgan fingerprint density at radius 2 is 2.11 bits per heavy atom. The Hall–Kier alpha value is -3.46. The molecule has 0 spiro atoms.